The van der Waals surface area contributed by atoms with E-state index in [4.69, 9.17) is 0 Å². The highest BCUT2D eigenvalue weighted by Gasteiger charge is 2.23. The number of rotatable bonds is 4. The van der Waals surface area contributed by atoms with E-state index in [0.29, 0.717) is 6.04 Å². The number of piperidine rings is 1. The number of carbonyl (C=O) groups excluding carboxylic acids is 1. The van der Waals surface area contributed by atoms with Gasteiger partial charge in [-0.3, -0.25) is 0 Å². The van der Waals surface area contributed by atoms with Crippen LogP contribution < -0.4 is 5.32 Å². The Kier molecular flexibility index (Phi) is 5.49. The van der Waals surface area contributed by atoms with Gasteiger partial charge in [-0.2, -0.15) is 0 Å². The summed E-state index contributed by atoms with van der Waals surface area (Å²) >= 11 is 0. The molecule has 0 atom stereocenters. The van der Waals surface area contributed by atoms with Crippen molar-refractivity contribution in [3.63, 3.8) is 0 Å². The molecule has 1 saturated carbocycles. The van der Waals surface area contributed by atoms with Crippen molar-refractivity contribution in [2.75, 3.05) is 33.7 Å². The van der Waals surface area contributed by atoms with Gasteiger partial charge in [-0.1, -0.05) is 25.7 Å². The molecule has 110 valence electrons. The lowest BCUT2D eigenvalue weighted by Gasteiger charge is -2.34. The largest absolute Gasteiger partial charge is 0.331 e. The molecule has 2 rings (SSSR count). The van der Waals surface area contributed by atoms with Crippen molar-refractivity contribution in [2.24, 2.45) is 5.92 Å². The molecule has 2 aliphatic rings. The number of urea groups is 1. The van der Waals surface area contributed by atoms with E-state index in [1.54, 1.807) is 4.90 Å². The van der Waals surface area contributed by atoms with Crippen LogP contribution >= 0.6 is 0 Å². The maximum absolute atomic E-state index is 11.8. The van der Waals surface area contributed by atoms with E-state index in [9.17, 15) is 4.79 Å². The van der Waals surface area contributed by atoms with Crippen molar-refractivity contribution in [1.29, 1.82) is 0 Å². The third-order valence-corrected chi connectivity index (χ3v) is 4.61. The van der Waals surface area contributed by atoms with Gasteiger partial charge in [-0.25, -0.2) is 4.79 Å². The molecular weight excluding hydrogens is 238 g/mol. The molecule has 4 heteroatoms. The number of likely N-dealkylation sites (tertiary alicyclic amines) is 1. The number of hydrogen-bond donors (Lipinski definition) is 1. The average molecular weight is 267 g/mol. The minimum atomic E-state index is 0.157. The fraction of sp³-hybridized carbons (Fsp3) is 0.933. The van der Waals surface area contributed by atoms with E-state index in [1.807, 2.05) is 19.0 Å². The van der Waals surface area contributed by atoms with Gasteiger partial charge in [-0.15, -0.1) is 0 Å². The van der Waals surface area contributed by atoms with Crippen molar-refractivity contribution in [1.82, 2.24) is 15.1 Å². The molecule has 1 aliphatic carbocycles. The molecule has 1 aliphatic heterocycles. The molecule has 0 aromatic carbocycles. The first-order chi connectivity index (χ1) is 9.16. The molecule has 0 radical (unpaired) electrons. The Hall–Kier alpha value is -0.770. The van der Waals surface area contributed by atoms with Crippen LogP contribution in [-0.2, 0) is 0 Å². The second-order valence-corrected chi connectivity index (χ2v) is 6.33. The summed E-state index contributed by atoms with van der Waals surface area (Å²) in [6.45, 7) is 2.97. The Morgan fingerprint density at radius 3 is 2.37 bits per heavy atom. The van der Waals surface area contributed by atoms with E-state index in [1.165, 1.54) is 32.1 Å². The van der Waals surface area contributed by atoms with Crippen molar-refractivity contribution in [3.8, 4) is 0 Å². The smallest absolute Gasteiger partial charge is 0.319 e. The molecular formula is C15H29N3O. The zero-order chi connectivity index (χ0) is 13.7. The van der Waals surface area contributed by atoms with E-state index in [0.717, 1.165) is 38.4 Å². The minimum Gasteiger partial charge on any atom is -0.331 e. The summed E-state index contributed by atoms with van der Waals surface area (Å²) in [5.41, 5.74) is 0. The van der Waals surface area contributed by atoms with Crippen LogP contribution in [0.25, 0.3) is 0 Å². The number of amides is 2. The lowest BCUT2D eigenvalue weighted by molar-refractivity contribution is 0.152. The van der Waals surface area contributed by atoms with Gasteiger partial charge >= 0.3 is 6.03 Å². The Bertz CT molecular complexity index is 279. The topological polar surface area (TPSA) is 35.6 Å². The quantitative estimate of drug-likeness (QED) is 0.848. The highest BCUT2D eigenvalue weighted by atomic mass is 16.2. The lowest BCUT2D eigenvalue weighted by atomic mass is 10.0. The highest BCUT2D eigenvalue weighted by Crippen LogP contribution is 2.27. The maximum Gasteiger partial charge on any atom is 0.319 e. The summed E-state index contributed by atoms with van der Waals surface area (Å²) in [4.78, 5) is 15.5. The molecule has 0 aromatic rings. The molecule has 0 bridgehead atoms. The van der Waals surface area contributed by atoms with Gasteiger partial charge in [0, 0.05) is 33.2 Å². The standard InChI is InChI=1S/C15H29N3O/c1-17(2)15(19)18-11-8-14(9-12-18)16-10-7-13-5-3-4-6-13/h13-14,16H,3-12H2,1-2H3. The average Bonchev–Trinajstić information content (AvgIpc) is 2.92. The molecule has 0 unspecified atom stereocenters. The van der Waals surface area contributed by atoms with Gasteiger partial charge in [0.25, 0.3) is 0 Å². The molecule has 19 heavy (non-hydrogen) atoms. The third kappa shape index (κ3) is 4.37. The van der Waals surface area contributed by atoms with Crippen LogP contribution in [0.2, 0.25) is 0 Å². The molecule has 1 heterocycles. The first-order valence-corrected chi connectivity index (χ1v) is 7.86. The van der Waals surface area contributed by atoms with Crippen molar-refractivity contribution in [3.05, 3.63) is 0 Å². The van der Waals surface area contributed by atoms with Crippen LogP contribution in [0.1, 0.15) is 44.9 Å². The first kappa shape index (κ1) is 14.6. The minimum absolute atomic E-state index is 0.157. The molecule has 1 N–H and O–H groups in total. The van der Waals surface area contributed by atoms with Gasteiger partial charge in [-0.05, 0) is 31.7 Å². The molecule has 2 fully saturated rings. The fourth-order valence-corrected chi connectivity index (χ4v) is 3.35. The molecule has 2 amide bonds. The number of nitrogens with one attached hydrogen (secondary N) is 1. The van der Waals surface area contributed by atoms with Crippen LogP contribution in [0.4, 0.5) is 4.79 Å². The van der Waals surface area contributed by atoms with Gasteiger partial charge < -0.3 is 15.1 Å². The summed E-state index contributed by atoms with van der Waals surface area (Å²) < 4.78 is 0. The highest BCUT2D eigenvalue weighted by molar-refractivity contribution is 5.73. The number of carbonyl (C=O) groups is 1. The Labute approximate surface area is 117 Å². The molecule has 0 spiro atoms. The van der Waals surface area contributed by atoms with E-state index in [-0.39, 0.29) is 6.03 Å². The SMILES string of the molecule is CN(C)C(=O)N1CCC(NCCC2CCCC2)CC1. The third-order valence-electron chi connectivity index (χ3n) is 4.61. The molecule has 0 aromatic heterocycles. The van der Waals surface area contributed by atoms with Crippen molar-refractivity contribution in [2.45, 2.75) is 51.0 Å². The maximum atomic E-state index is 11.8. The monoisotopic (exact) mass is 267 g/mol. The zero-order valence-electron chi connectivity index (χ0n) is 12.5. The molecule has 4 nitrogen and oxygen atoms in total. The predicted octanol–water partition coefficient (Wildman–Crippen LogP) is 2.30. The van der Waals surface area contributed by atoms with Crippen molar-refractivity contribution < 1.29 is 4.79 Å². The zero-order valence-corrected chi connectivity index (χ0v) is 12.5. The van der Waals surface area contributed by atoms with Crippen LogP contribution in [-0.4, -0.2) is 55.6 Å². The summed E-state index contributed by atoms with van der Waals surface area (Å²) in [5, 5.41) is 3.69. The van der Waals surface area contributed by atoms with Crippen LogP contribution in [0.5, 0.6) is 0 Å². The van der Waals surface area contributed by atoms with Gasteiger partial charge in [0.05, 0.1) is 0 Å². The molecule has 1 saturated heterocycles. The van der Waals surface area contributed by atoms with Gasteiger partial charge in [0.1, 0.15) is 0 Å². The van der Waals surface area contributed by atoms with Crippen LogP contribution in [0, 0.1) is 5.92 Å². The second-order valence-electron chi connectivity index (χ2n) is 6.33. The summed E-state index contributed by atoms with van der Waals surface area (Å²) in [6.07, 6.45) is 9.31. The second kappa shape index (κ2) is 7.13. The summed E-state index contributed by atoms with van der Waals surface area (Å²) in [6, 6.07) is 0.775. The predicted molar refractivity (Wildman–Crippen MR) is 78.3 cm³/mol. The summed E-state index contributed by atoms with van der Waals surface area (Å²) in [5.74, 6) is 0.975. The van der Waals surface area contributed by atoms with Gasteiger partial charge in [0.15, 0.2) is 0 Å². The fourth-order valence-electron chi connectivity index (χ4n) is 3.35. The Morgan fingerprint density at radius 1 is 1.16 bits per heavy atom. The van der Waals surface area contributed by atoms with Gasteiger partial charge in [0.2, 0.25) is 0 Å². The van der Waals surface area contributed by atoms with Crippen molar-refractivity contribution >= 4 is 6.03 Å². The van der Waals surface area contributed by atoms with E-state index in [2.05, 4.69) is 5.32 Å². The number of hydrogen-bond acceptors (Lipinski definition) is 2. The van der Waals surface area contributed by atoms with E-state index >= 15 is 0 Å². The normalized spacial score (nSPS) is 21.9. The number of nitrogens with zero attached hydrogens (tertiary/aromatic N) is 2. The lowest BCUT2D eigenvalue weighted by Crippen LogP contribution is -2.48. The van der Waals surface area contributed by atoms with E-state index < -0.39 is 0 Å². The first-order valence-electron chi connectivity index (χ1n) is 7.86. The summed E-state index contributed by atoms with van der Waals surface area (Å²) in [7, 11) is 3.66. The Balaban J connectivity index is 1.59. The Morgan fingerprint density at radius 2 is 1.79 bits per heavy atom. The van der Waals surface area contributed by atoms with Crippen LogP contribution in [0.15, 0.2) is 0 Å². The van der Waals surface area contributed by atoms with Crippen LogP contribution in [0.3, 0.4) is 0 Å².